The third kappa shape index (κ3) is 4.31. The molecule has 1 aliphatic heterocycles. The molecular weight excluding hydrogens is 445 g/mol. The summed E-state index contributed by atoms with van der Waals surface area (Å²) in [5.41, 5.74) is 3.68. The topological polar surface area (TPSA) is 73.3 Å². The molecule has 1 fully saturated rings. The molecule has 9 heteroatoms. The number of pyridine rings is 2. The molecule has 0 spiro atoms. The van der Waals surface area contributed by atoms with Crippen molar-refractivity contribution in [2.45, 2.75) is 13.0 Å². The third-order valence-electron chi connectivity index (χ3n) is 5.55. The fourth-order valence-corrected chi connectivity index (χ4v) is 4.09. The number of halogens is 2. The minimum Gasteiger partial charge on any atom is -0.481 e. The van der Waals surface area contributed by atoms with Crippen LogP contribution in [-0.4, -0.2) is 46.7 Å². The normalized spacial score (nSPS) is 16.2. The maximum Gasteiger partial charge on any atom is 0.213 e. The maximum absolute atomic E-state index is 14.8. The van der Waals surface area contributed by atoms with E-state index in [2.05, 4.69) is 19.9 Å². The zero-order valence-electron chi connectivity index (χ0n) is 18.1. The number of fused-ring (bicyclic) bond motifs is 1. The van der Waals surface area contributed by atoms with Crippen LogP contribution in [0.15, 0.2) is 48.8 Å². The Morgan fingerprint density at radius 2 is 2.03 bits per heavy atom. The van der Waals surface area contributed by atoms with Crippen molar-refractivity contribution in [1.82, 2.24) is 19.9 Å². The molecule has 1 aliphatic rings. The first-order chi connectivity index (χ1) is 16.0. The van der Waals surface area contributed by atoms with E-state index in [9.17, 15) is 4.39 Å². The Bertz CT molecular complexity index is 1340. The molecule has 168 valence electrons. The second-order valence-electron chi connectivity index (χ2n) is 7.77. The summed E-state index contributed by atoms with van der Waals surface area (Å²) in [6.45, 7) is 3.59. The molecule has 1 atom stereocenters. The van der Waals surface area contributed by atoms with Crippen LogP contribution in [0, 0.1) is 12.7 Å². The van der Waals surface area contributed by atoms with Crippen LogP contribution in [-0.2, 0) is 4.74 Å². The van der Waals surface area contributed by atoms with Crippen molar-refractivity contribution < 1.29 is 13.9 Å². The highest BCUT2D eigenvalue weighted by molar-refractivity contribution is 6.30. The van der Waals surface area contributed by atoms with Crippen molar-refractivity contribution in [3.8, 4) is 17.1 Å². The number of benzene rings is 1. The number of aryl methyl sites for hydroxylation is 1. The fraction of sp³-hybridized carbons (Fsp3) is 0.250. The second kappa shape index (κ2) is 8.88. The highest BCUT2D eigenvalue weighted by Gasteiger charge is 2.25. The monoisotopic (exact) mass is 465 g/mol. The van der Waals surface area contributed by atoms with E-state index in [-0.39, 0.29) is 6.10 Å². The smallest absolute Gasteiger partial charge is 0.213 e. The predicted molar refractivity (Wildman–Crippen MR) is 124 cm³/mol. The average Bonchev–Trinajstić information content (AvgIpc) is 2.83. The number of nitrogens with zero attached hydrogens (tertiary/aromatic N) is 5. The Kier molecular flexibility index (Phi) is 5.78. The van der Waals surface area contributed by atoms with Gasteiger partial charge in [-0.25, -0.2) is 19.3 Å². The van der Waals surface area contributed by atoms with Gasteiger partial charge in [0.15, 0.2) is 0 Å². The summed E-state index contributed by atoms with van der Waals surface area (Å²) in [7, 11) is 1.58. The number of methoxy groups -OCH3 is 1. The molecule has 0 bridgehead atoms. The number of rotatable bonds is 4. The number of anilines is 1. The number of hydrogen-bond acceptors (Lipinski definition) is 7. The largest absolute Gasteiger partial charge is 0.481 e. The van der Waals surface area contributed by atoms with E-state index in [4.69, 9.17) is 26.1 Å². The minimum atomic E-state index is -0.459. The number of hydrogen-bond donors (Lipinski definition) is 0. The van der Waals surface area contributed by atoms with Gasteiger partial charge in [0.1, 0.15) is 28.9 Å². The molecule has 33 heavy (non-hydrogen) atoms. The summed E-state index contributed by atoms with van der Waals surface area (Å²) >= 11 is 5.97. The van der Waals surface area contributed by atoms with Gasteiger partial charge in [0.25, 0.3) is 0 Å². The van der Waals surface area contributed by atoms with Crippen molar-refractivity contribution in [3.05, 3.63) is 70.9 Å². The second-order valence-corrected chi connectivity index (χ2v) is 8.21. The zero-order valence-corrected chi connectivity index (χ0v) is 18.9. The lowest BCUT2D eigenvalue weighted by Crippen LogP contribution is -2.39. The summed E-state index contributed by atoms with van der Waals surface area (Å²) in [6, 6.07) is 10.2. The summed E-state index contributed by atoms with van der Waals surface area (Å²) in [6.07, 6.45) is 3.17. The maximum atomic E-state index is 14.8. The van der Waals surface area contributed by atoms with Gasteiger partial charge in [-0.2, -0.15) is 0 Å². The van der Waals surface area contributed by atoms with Crippen molar-refractivity contribution in [1.29, 1.82) is 0 Å². The summed E-state index contributed by atoms with van der Waals surface area (Å²) in [5.74, 6) is 0.754. The zero-order chi connectivity index (χ0) is 22.9. The van der Waals surface area contributed by atoms with Crippen LogP contribution in [0.25, 0.3) is 22.3 Å². The Balaban J connectivity index is 1.57. The summed E-state index contributed by atoms with van der Waals surface area (Å²) in [5, 5.41) is 0.322. The fourth-order valence-electron chi connectivity index (χ4n) is 3.93. The van der Waals surface area contributed by atoms with E-state index in [1.54, 1.807) is 31.6 Å². The Hall–Kier alpha value is -3.36. The molecule has 4 heterocycles. The Labute approximate surface area is 195 Å². The van der Waals surface area contributed by atoms with E-state index >= 15 is 0 Å². The van der Waals surface area contributed by atoms with Crippen molar-refractivity contribution in [2.75, 3.05) is 31.7 Å². The first-order valence-electron chi connectivity index (χ1n) is 10.5. The van der Waals surface area contributed by atoms with Crippen LogP contribution in [0.4, 0.5) is 10.2 Å². The molecule has 0 amide bonds. The molecular formula is C24H21ClFN5O2. The van der Waals surface area contributed by atoms with E-state index in [0.29, 0.717) is 58.7 Å². The number of morpholine rings is 1. The average molecular weight is 466 g/mol. The lowest BCUT2D eigenvalue weighted by atomic mass is 10.1. The molecule has 1 aromatic carbocycles. The van der Waals surface area contributed by atoms with Crippen LogP contribution in [0.3, 0.4) is 0 Å². The highest BCUT2D eigenvalue weighted by Crippen LogP contribution is 2.33. The van der Waals surface area contributed by atoms with Gasteiger partial charge in [-0.3, -0.25) is 4.98 Å². The van der Waals surface area contributed by atoms with Gasteiger partial charge in [-0.05, 0) is 36.8 Å². The lowest BCUT2D eigenvalue weighted by Gasteiger charge is -2.34. The molecule has 0 N–H and O–H groups in total. The minimum absolute atomic E-state index is 0.188. The van der Waals surface area contributed by atoms with Crippen molar-refractivity contribution >= 4 is 28.5 Å². The van der Waals surface area contributed by atoms with Crippen molar-refractivity contribution in [3.63, 3.8) is 0 Å². The van der Waals surface area contributed by atoms with Crippen LogP contribution in [0.2, 0.25) is 5.02 Å². The molecule has 5 rings (SSSR count). The van der Waals surface area contributed by atoms with Gasteiger partial charge in [0.2, 0.25) is 5.88 Å². The molecule has 0 saturated carbocycles. The van der Waals surface area contributed by atoms with E-state index in [1.165, 1.54) is 6.07 Å². The highest BCUT2D eigenvalue weighted by atomic mass is 35.5. The standard InChI is InChI=1S/C24H21ClFN5O2/c1-14-12-28-24-19(29-14)11-21(30-23(24)17-4-3-16(25)10-18(17)26)31-7-8-33-20(13-31)15-5-6-27-22(9-15)32-2/h3-6,9-12,20H,7-8,13H2,1-2H3/t20-/m0/s1. The summed E-state index contributed by atoms with van der Waals surface area (Å²) < 4.78 is 26.1. The van der Waals surface area contributed by atoms with E-state index in [0.717, 1.165) is 11.3 Å². The van der Waals surface area contributed by atoms with Gasteiger partial charge in [-0.15, -0.1) is 0 Å². The van der Waals surface area contributed by atoms with Crippen LogP contribution < -0.4 is 9.64 Å². The molecule has 0 radical (unpaired) electrons. The lowest BCUT2D eigenvalue weighted by molar-refractivity contribution is 0.0393. The molecule has 1 saturated heterocycles. The SMILES string of the molecule is COc1cc([C@@H]2CN(c3cc4nc(C)cnc4c(-c4ccc(Cl)cc4F)n3)CCO2)ccn1. The van der Waals surface area contributed by atoms with E-state index in [1.807, 2.05) is 25.1 Å². The molecule has 0 aliphatic carbocycles. The van der Waals surface area contributed by atoms with Gasteiger partial charge >= 0.3 is 0 Å². The van der Waals surface area contributed by atoms with Gasteiger partial charge < -0.3 is 14.4 Å². The first kappa shape index (κ1) is 21.5. The van der Waals surface area contributed by atoms with Gasteiger partial charge in [-0.1, -0.05) is 11.6 Å². The van der Waals surface area contributed by atoms with Gasteiger partial charge in [0, 0.05) is 48.2 Å². The molecule has 4 aromatic rings. The van der Waals surface area contributed by atoms with Crippen LogP contribution in [0.5, 0.6) is 5.88 Å². The summed E-state index contributed by atoms with van der Waals surface area (Å²) in [4.78, 5) is 20.2. The quantitative estimate of drug-likeness (QED) is 0.429. The molecule has 0 unspecified atom stereocenters. The first-order valence-corrected chi connectivity index (χ1v) is 10.9. The van der Waals surface area contributed by atoms with Crippen LogP contribution >= 0.6 is 11.6 Å². The predicted octanol–water partition coefficient (Wildman–Crippen LogP) is 4.77. The number of ether oxygens (including phenoxy) is 2. The number of aromatic nitrogens is 4. The molecule has 3 aromatic heterocycles. The third-order valence-corrected chi connectivity index (χ3v) is 5.79. The van der Waals surface area contributed by atoms with Gasteiger partial charge in [0.05, 0.1) is 24.9 Å². The van der Waals surface area contributed by atoms with Crippen molar-refractivity contribution in [2.24, 2.45) is 0 Å². The molecule has 7 nitrogen and oxygen atoms in total. The Morgan fingerprint density at radius 1 is 1.15 bits per heavy atom. The van der Waals surface area contributed by atoms with Crippen LogP contribution in [0.1, 0.15) is 17.4 Å². The Morgan fingerprint density at radius 3 is 2.85 bits per heavy atom. The van der Waals surface area contributed by atoms with E-state index < -0.39 is 5.82 Å².